The van der Waals surface area contributed by atoms with E-state index in [1.807, 2.05) is 0 Å². The Balaban J connectivity index is 1.81. The van der Waals surface area contributed by atoms with Crippen molar-refractivity contribution in [1.29, 1.82) is 0 Å². The standard InChI is InChI=1S/C17H14ClFN2O5/c18-15-6-5-13(21(24)25)9-14(15)17(23)26-10-16(22)20-8-7-11-1-3-12(19)4-2-11/h1-6,9H,7-8,10H2,(H,20,22). The first-order valence-corrected chi connectivity index (χ1v) is 7.87. The van der Waals surface area contributed by atoms with Gasteiger partial charge in [-0.25, -0.2) is 9.18 Å². The maximum absolute atomic E-state index is 12.8. The second kappa shape index (κ2) is 8.91. The van der Waals surface area contributed by atoms with Gasteiger partial charge in [0.05, 0.1) is 15.5 Å². The summed E-state index contributed by atoms with van der Waals surface area (Å²) >= 11 is 5.82. The van der Waals surface area contributed by atoms with Crippen molar-refractivity contribution in [3.05, 3.63) is 74.5 Å². The molecule has 0 aliphatic carbocycles. The summed E-state index contributed by atoms with van der Waals surface area (Å²) in [5, 5.41) is 13.3. The monoisotopic (exact) mass is 380 g/mol. The zero-order valence-electron chi connectivity index (χ0n) is 13.4. The first-order chi connectivity index (χ1) is 12.4. The van der Waals surface area contributed by atoms with Gasteiger partial charge >= 0.3 is 5.97 Å². The van der Waals surface area contributed by atoms with Crippen LogP contribution >= 0.6 is 11.6 Å². The number of hydrogen-bond donors (Lipinski definition) is 1. The zero-order chi connectivity index (χ0) is 19.1. The van der Waals surface area contributed by atoms with Crippen LogP contribution in [-0.4, -0.2) is 30.0 Å². The first kappa shape index (κ1) is 19.3. The summed E-state index contributed by atoms with van der Waals surface area (Å²) in [4.78, 5) is 33.7. The number of carbonyl (C=O) groups is 2. The average Bonchev–Trinajstić information content (AvgIpc) is 2.61. The lowest BCUT2D eigenvalue weighted by Crippen LogP contribution is -2.30. The van der Waals surface area contributed by atoms with Gasteiger partial charge in [-0.2, -0.15) is 0 Å². The first-order valence-electron chi connectivity index (χ1n) is 7.49. The van der Waals surface area contributed by atoms with Crippen LogP contribution in [0.1, 0.15) is 15.9 Å². The number of hydrogen-bond acceptors (Lipinski definition) is 5. The summed E-state index contributed by atoms with van der Waals surface area (Å²) < 4.78 is 17.6. The predicted octanol–water partition coefficient (Wildman–Crippen LogP) is 2.90. The number of carbonyl (C=O) groups excluding carboxylic acids is 2. The molecule has 1 amide bonds. The molecule has 2 rings (SSSR count). The number of esters is 1. The van der Waals surface area contributed by atoms with Crippen molar-refractivity contribution >= 4 is 29.2 Å². The van der Waals surface area contributed by atoms with Gasteiger partial charge in [-0.1, -0.05) is 23.7 Å². The molecule has 0 atom stereocenters. The number of non-ortho nitro benzene ring substituents is 1. The van der Waals surface area contributed by atoms with Crippen LogP contribution in [0.4, 0.5) is 10.1 Å². The number of nitrogens with one attached hydrogen (secondary N) is 1. The van der Waals surface area contributed by atoms with Crippen molar-refractivity contribution in [2.75, 3.05) is 13.2 Å². The van der Waals surface area contributed by atoms with Crippen molar-refractivity contribution in [3.8, 4) is 0 Å². The molecule has 0 unspecified atom stereocenters. The largest absolute Gasteiger partial charge is 0.452 e. The Kier molecular flexibility index (Phi) is 6.62. The van der Waals surface area contributed by atoms with Gasteiger partial charge in [0.1, 0.15) is 5.82 Å². The highest BCUT2D eigenvalue weighted by Crippen LogP contribution is 2.22. The number of ether oxygens (including phenoxy) is 1. The molecule has 0 bridgehead atoms. The smallest absolute Gasteiger partial charge is 0.340 e. The Hall–Kier alpha value is -3.00. The Labute approximate surface area is 152 Å². The maximum Gasteiger partial charge on any atom is 0.340 e. The van der Waals surface area contributed by atoms with Crippen molar-refractivity contribution < 1.29 is 23.6 Å². The fourth-order valence-corrected chi connectivity index (χ4v) is 2.24. The van der Waals surface area contributed by atoms with E-state index >= 15 is 0 Å². The summed E-state index contributed by atoms with van der Waals surface area (Å²) in [7, 11) is 0. The van der Waals surface area contributed by atoms with E-state index < -0.39 is 23.4 Å². The molecule has 26 heavy (non-hydrogen) atoms. The summed E-state index contributed by atoms with van der Waals surface area (Å²) in [6, 6.07) is 9.19. The lowest BCUT2D eigenvalue weighted by atomic mass is 10.1. The number of benzene rings is 2. The predicted molar refractivity (Wildman–Crippen MR) is 91.5 cm³/mol. The molecular formula is C17H14ClFN2O5. The minimum Gasteiger partial charge on any atom is -0.452 e. The van der Waals surface area contributed by atoms with Crippen molar-refractivity contribution in [2.24, 2.45) is 0 Å². The Morgan fingerprint density at radius 3 is 2.54 bits per heavy atom. The van der Waals surface area contributed by atoms with Crippen LogP contribution < -0.4 is 5.32 Å². The summed E-state index contributed by atoms with van der Waals surface area (Å²) in [5.74, 6) is -1.82. The number of nitro groups is 1. The molecule has 0 spiro atoms. The summed E-state index contributed by atoms with van der Waals surface area (Å²) in [6.45, 7) is -0.277. The van der Waals surface area contributed by atoms with Gasteiger partial charge in [-0.05, 0) is 30.2 Å². The van der Waals surface area contributed by atoms with Gasteiger partial charge in [-0.3, -0.25) is 14.9 Å². The molecular weight excluding hydrogens is 367 g/mol. The molecule has 0 saturated carbocycles. The molecule has 0 aliphatic heterocycles. The van der Waals surface area contributed by atoms with E-state index in [1.165, 1.54) is 18.2 Å². The number of nitrogens with zero attached hydrogens (tertiary/aromatic N) is 1. The van der Waals surface area contributed by atoms with Crippen molar-refractivity contribution in [1.82, 2.24) is 5.32 Å². The van der Waals surface area contributed by atoms with Gasteiger partial charge in [0, 0.05) is 18.7 Å². The molecule has 2 aromatic carbocycles. The molecule has 0 saturated heterocycles. The van der Waals surface area contributed by atoms with Gasteiger partial charge in [-0.15, -0.1) is 0 Å². The summed E-state index contributed by atoms with van der Waals surface area (Å²) in [5.41, 5.74) is 0.331. The molecule has 136 valence electrons. The normalized spacial score (nSPS) is 10.2. The van der Waals surface area contributed by atoms with E-state index in [1.54, 1.807) is 12.1 Å². The van der Waals surface area contributed by atoms with E-state index in [0.29, 0.717) is 6.42 Å². The highest BCUT2D eigenvalue weighted by molar-refractivity contribution is 6.33. The Morgan fingerprint density at radius 2 is 1.88 bits per heavy atom. The fraction of sp³-hybridized carbons (Fsp3) is 0.176. The number of halogens is 2. The molecule has 0 aromatic heterocycles. The van der Waals surface area contributed by atoms with Crippen LogP contribution in [0.15, 0.2) is 42.5 Å². The average molecular weight is 381 g/mol. The van der Waals surface area contributed by atoms with Crippen LogP contribution in [-0.2, 0) is 16.0 Å². The van der Waals surface area contributed by atoms with E-state index in [-0.39, 0.29) is 28.6 Å². The topological polar surface area (TPSA) is 98.5 Å². The van der Waals surface area contributed by atoms with Crippen LogP contribution in [0.5, 0.6) is 0 Å². The van der Waals surface area contributed by atoms with Gasteiger partial charge in [0.25, 0.3) is 11.6 Å². The molecule has 7 nitrogen and oxygen atoms in total. The zero-order valence-corrected chi connectivity index (χ0v) is 14.2. The van der Waals surface area contributed by atoms with Crippen LogP contribution in [0.3, 0.4) is 0 Å². The molecule has 2 aromatic rings. The number of rotatable bonds is 7. The fourth-order valence-electron chi connectivity index (χ4n) is 2.04. The Morgan fingerprint density at radius 1 is 1.19 bits per heavy atom. The molecule has 9 heteroatoms. The summed E-state index contributed by atoms with van der Waals surface area (Å²) in [6.07, 6.45) is 0.483. The quantitative estimate of drug-likeness (QED) is 0.452. The number of nitro benzene ring substituents is 1. The van der Waals surface area contributed by atoms with Crippen LogP contribution in [0.25, 0.3) is 0 Å². The second-order valence-electron chi connectivity index (χ2n) is 5.22. The Bertz CT molecular complexity index is 826. The lowest BCUT2D eigenvalue weighted by Gasteiger charge is -2.07. The van der Waals surface area contributed by atoms with Gasteiger partial charge in [0.2, 0.25) is 0 Å². The van der Waals surface area contributed by atoms with Crippen molar-refractivity contribution in [2.45, 2.75) is 6.42 Å². The molecule has 0 aliphatic rings. The van der Waals surface area contributed by atoms with Gasteiger partial charge in [0.15, 0.2) is 6.61 Å². The van der Waals surface area contributed by atoms with Gasteiger partial charge < -0.3 is 10.1 Å². The minimum atomic E-state index is -0.938. The van der Waals surface area contributed by atoms with E-state index in [0.717, 1.165) is 17.7 Å². The highest BCUT2D eigenvalue weighted by atomic mass is 35.5. The third-order valence-corrected chi connectivity index (χ3v) is 3.69. The third kappa shape index (κ3) is 5.52. The second-order valence-corrected chi connectivity index (χ2v) is 5.63. The SMILES string of the molecule is O=C(COC(=O)c1cc([N+](=O)[O-])ccc1Cl)NCCc1ccc(F)cc1. The van der Waals surface area contributed by atoms with Crippen LogP contribution in [0, 0.1) is 15.9 Å². The van der Waals surface area contributed by atoms with E-state index in [9.17, 15) is 24.1 Å². The lowest BCUT2D eigenvalue weighted by molar-refractivity contribution is -0.384. The van der Waals surface area contributed by atoms with Crippen molar-refractivity contribution in [3.63, 3.8) is 0 Å². The van der Waals surface area contributed by atoms with E-state index in [2.05, 4.69) is 5.32 Å². The maximum atomic E-state index is 12.8. The molecule has 1 N–H and O–H groups in total. The highest BCUT2D eigenvalue weighted by Gasteiger charge is 2.18. The van der Waals surface area contributed by atoms with E-state index in [4.69, 9.17) is 16.3 Å². The molecule has 0 heterocycles. The number of amides is 1. The molecule has 0 radical (unpaired) electrons. The molecule has 0 fully saturated rings. The minimum absolute atomic E-state index is 0.0164. The third-order valence-electron chi connectivity index (χ3n) is 3.36. The van der Waals surface area contributed by atoms with Crippen LogP contribution in [0.2, 0.25) is 5.02 Å².